The number of aryl methyl sites for hydroxylation is 1. The first-order chi connectivity index (χ1) is 9.29. The standard InChI is InChI=1S/C11H11BrN4O2S2/c1-16-5-10(14-6-16)20(17,18)15-9-4-7(12)2-3-8(9)11(13)19/h2-6,15H,1H3,(H2,13,19). The molecule has 0 aliphatic rings. The summed E-state index contributed by atoms with van der Waals surface area (Å²) in [5.74, 6) is 0. The smallest absolute Gasteiger partial charge is 0.280 e. The van der Waals surface area contributed by atoms with Gasteiger partial charge in [-0.25, -0.2) is 4.98 Å². The predicted molar refractivity (Wildman–Crippen MR) is 84.0 cm³/mol. The van der Waals surface area contributed by atoms with Gasteiger partial charge in [0.25, 0.3) is 10.0 Å². The highest BCUT2D eigenvalue weighted by molar-refractivity contribution is 9.10. The Balaban J connectivity index is 2.44. The Morgan fingerprint density at radius 3 is 2.75 bits per heavy atom. The summed E-state index contributed by atoms with van der Waals surface area (Å²) in [7, 11) is -2.10. The van der Waals surface area contributed by atoms with Gasteiger partial charge in [-0.3, -0.25) is 4.72 Å². The van der Waals surface area contributed by atoms with E-state index in [1.807, 2.05) is 0 Å². The summed E-state index contributed by atoms with van der Waals surface area (Å²) in [5, 5.41) is -0.0751. The van der Waals surface area contributed by atoms with Crippen LogP contribution in [0.1, 0.15) is 5.56 Å². The molecular formula is C11H11BrN4O2S2. The van der Waals surface area contributed by atoms with Gasteiger partial charge in [-0.1, -0.05) is 28.1 Å². The highest BCUT2D eigenvalue weighted by atomic mass is 79.9. The molecule has 2 aromatic rings. The zero-order valence-corrected chi connectivity index (χ0v) is 13.6. The number of thiocarbonyl (C=S) groups is 1. The molecule has 0 radical (unpaired) electrons. The van der Waals surface area contributed by atoms with Gasteiger partial charge in [-0.15, -0.1) is 0 Å². The third-order valence-electron chi connectivity index (χ3n) is 2.45. The van der Waals surface area contributed by atoms with Crippen molar-refractivity contribution in [1.82, 2.24) is 9.55 Å². The molecule has 0 fully saturated rings. The number of nitrogens with one attached hydrogen (secondary N) is 1. The second kappa shape index (κ2) is 5.51. The Bertz CT molecular complexity index is 770. The number of nitrogens with zero attached hydrogens (tertiary/aromatic N) is 2. The molecule has 6 nitrogen and oxygen atoms in total. The van der Waals surface area contributed by atoms with Crippen LogP contribution in [0, 0.1) is 0 Å². The van der Waals surface area contributed by atoms with Crippen molar-refractivity contribution in [2.75, 3.05) is 4.72 Å². The third kappa shape index (κ3) is 3.17. The van der Waals surface area contributed by atoms with Crippen LogP contribution in [0.3, 0.4) is 0 Å². The summed E-state index contributed by atoms with van der Waals surface area (Å²) in [5.41, 5.74) is 6.34. The maximum Gasteiger partial charge on any atom is 0.280 e. The van der Waals surface area contributed by atoms with Gasteiger partial charge in [0.15, 0.2) is 5.03 Å². The van der Waals surface area contributed by atoms with Gasteiger partial charge in [-0.05, 0) is 18.2 Å². The van der Waals surface area contributed by atoms with Gasteiger partial charge in [0.05, 0.1) is 12.0 Å². The van der Waals surface area contributed by atoms with E-state index in [1.54, 1.807) is 29.8 Å². The Kier molecular flexibility index (Phi) is 4.11. The molecule has 0 saturated carbocycles. The summed E-state index contributed by atoms with van der Waals surface area (Å²) in [4.78, 5) is 3.92. The average Bonchev–Trinajstić information content (AvgIpc) is 2.75. The zero-order chi connectivity index (χ0) is 14.9. The maximum absolute atomic E-state index is 12.2. The van der Waals surface area contributed by atoms with Crippen LogP contribution in [-0.2, 0) is 17.1 Å². The van der Waals surface area contributed by atoms with Crippen LogP contribution in [-0.4, -0.2) is 23.0 Å². The number of anilines is 1. The third-order valence-corrected chi connectivity index (χ3v) is 4.41. The minimum Gasteiger partial charge on any atom is -0.389 e. The molecule has 2 rings (SSSR count). The summed E-state index contributed by atoms with van der Waals surface area (Å²) >= 11 is 8.19. The molecular weight excluding hydrogens is 364 g/mol. The van der Waals surface area contributed by atoms with Gasteiger partial charge in [-0.2, -0.15) is 8.42 Å². The maximum atomic E-state index is 12.2. The van der Waals surface area contributed by atoms with Crippen molar-refractivity contribution in [2.45, 2.75) is 5.03 Å². The Morgan fingerprint density at radius 2 is 2.20 bits per heavy atom. The minimum atomic E-state index is -3.78. The lowest BCUT2D eigenvalue weighted by molar-refractivity contribution is 0.598. The molecule has 0 spiro atoms. The largest absolute Gasteiger partial charge is 0.389 e. The fourth-order valence-electron chi connectivity index (χ4n) is 1.54. The lowest BCUT2D eigenvalue weighted by Gasteiger charge is -2.11. The molecule has 1 aromatic carbocycles. The molecule has 0 atom stereocenters. The van der Waals surface area contributed by atoms with Crippen molar-refractivity contribution >= 4 is 48.8 Å². The molecule has 20 heavy (non-hydrogen) atoms. The molecule has 0 bridgehead atoms. The van der Waals surface area contributed by atoms with Crippen molar-refractivity contribution in [3.8, 4) is 0 Å². The van der Waals surface area contributed by atoms with E-state index < -0.39 is 10.0 Å². The average molecular weight is 375 g/mol. The summed E-state index contributed by atoms with van der Waals surface area (Å²) in [6, 6.07) is 4.96. The normalized spacial score (nSPS) is 11.3. The first-order valence-corrected chi connectivity index (χ1v) is 8.08. The van der Waals surface area contributed by atoms with E-state index in [0.29, 0.717) is 15.7 Å². The Labute approximate surface area is 130 Å². The Morgan fingerprint density at radius 1 is 1.50 bits per heavy atom. The predicted octanol–water partition coefficient (Wildman–Crippen LogP) is 1.62. The van der Waals surface area contributed by atoms with Crippen LogP contribution in [0.25, 0.3) is 0 Å². The van der Waals surface area contributed by atoms with Crippen molar-refractivity contribution in [3.05, 3.63) is 40.8 Å². The van der Waals surface area contributed by atoms with Gasteiger partial charge < -0.3 is 10.3 Å². The van der Waals surface area contributed by atoms with Gasteiger partial charge in [0, 0.05) is 23.3 Å². The number of imidazole rings is 1. The van der Waals surface area contributed by atoms with Crippen LogP contribution in [0.5, 0.6) is 0 Å². The number of rotatable bonds is 4. The first kappa shape index (κ1) is 14.9. The van der Waals surface area contributed by atoms with Crippen molar-refractivity contribution in [2.24, 2.45) is 12.8 Å². The minimum absolute atomic E-state index is 0.0751. The summed E-state index contributed by atoms with van der Waals surface area (Å²) in [6.45, 7) is 0. The van der Waals surface area contributed by atoms with Crippen LogP contribution in [0.15, 0.2) is 40.2 Å². The highest BCUT2D eigenvalue weighted by Gasteiger charge is 2.19. The topological polar surface area (TPSA) is 90.0 Å². The van der Waals surface area contributed by atoms with E-state index in [9.17, 15) is 8.42 Å². The lowest BCUT2D eigenvalue weighted by atomic mass is 10.2. The van der Waals surface area contributed by atoms with Crippen LogP contribution in [0.4, 0.5) is 5.69 Å². The summed E-state index contributed by atoms with van der Waals surface area (Å²) in [6.07, 6.45) is 2.81. The monoisotopic (exact) mass is 374 g/mol. The van der Waals surface area contributed by atoms with Gasteiger partial charge in [0.2, 0.25) is 0 Å². The van der Waals surface area contributed by atoms with Crippen molar-refractivity contribution in [1.29, 1.82) is 0 Å². The van der Waals surface area contributed by atoms with E-state index in [1.165, 1.54) is 12.5 Å². The number of nitrogens with two attached hydrogens (primary N) is 1. The number of benzene rings is 1. The Hall–Kier alpha value is -1.45. The molecule has 1 aromatic heterocycles. The number of hydrogen-bond acceptors (Lipinski definition) is 4. The molecule has 0 unspecified atom stereocenters. The second-order valence-electron chi connectivity index (χ2n) is 4.04. The van der Waals surface area contributed by atoms with Crippen LogP contribution < -0.4 is 10.5 Å². The van der Waals surface area contributed by atoms with E-state index in [4.69, 9.17) is 18.0 Å². The lowest BCUT2D eigenvalue weighted by Crippen LogP contribution is -2.18. The van der Waals surface area contributed by atoms with Crippen molar-refractivity contribution < 1.29 is 8.42 Å². The van der Waals surface area contributed by atoms with Crippen molar-refractivity contribution in [3.63, 3.8) is 0 Å². The zero-order valence-electron chi connectivity index (χ0n) is 10.4. The molecule has 1 heterocycles. The van der Waals surface area contributed by atoms with E-state index >= 15 is 0 Å². The molecule has 0 amide bonds. The van der Waals surface area contributed by atoms with E-state index in [0.717, 1.165) is 0 Å². The van der Waals surface area contributed by atoms with Gasteiger partial charge >= 0.3 is 0 Å². The van der Waals surface area contributed by atoms with Gasteiger partial charge in [0.1, 0.15) is 4.99 Å². The molecule has 0 saturated heterocycles. The fraction of sp³-hybridized carbons (Fsp3) is 0.0909. The second-order valence-corrected chi connectivity index (χ2v) is 7.02. The van der Waals surface area contributed by atoms with E-state index in [2.05, 4.69) is 25.6 Å². The highest BCUT2D eigenvalue weighted by Crippen LogP contribution is 2.24. The number of halogens is 1. The van der Waals surface area contributed by atoms with Crippen LogP contribution >= 0.6 is 28.1 Å². The number of hydrogen-bond donors (Lipinski definition) is 2. The molecule has 0 aliphatic carbocycles. The van der Waals surface area contributed by atoms with E-state index in [-0.39, 0.29) is 10.0 Å². The first-order valence-electron chi connectivity index (χ1n) is 5.40. The van der Waals surface area contributed by atoms with Crippen LogP contribution in [0.2, 0.25) is 0 Å². The fourth-order valence-corrected chi connectivity index (χ4v) is 3.13. The molecule has 0 aliphatic heterocycles. The molecule has 106 valence electrons. The quantitative estimate of drug-likeness (QED) is 0.793. The number of sulfonamides is 1. The molecule has 9 heteroatoms. The SMILES string of the molecule is Cn1cnc(S(=O)(=O)Nc2cc(Br)ccc2C(N)=S)c1. The number of aromatic nitrogens is 2. The molecule has 3 N–H and O–H groups in total. The summed E-state index contributed by atoms with van der Waals surface area (Å²) < 4.78 is 29.1.